The van der Waals surface area contributed by atoms with Crippen molar-refractivity contribution in [1.82, 2.24) is 0 Å². The van der Waals surface area contributed by atoms with Gasteiger partial charge in [0, 0.05) is 3.57 Å². The number of halogens is 1. The third kappa shape index (κ3) is 2.48. The maximum Gasteiger partial charge on any atom is 0.338 e. The number of carbonyl (C=O) groups is 1. The Bertz CT molecular complexity index is 284. The lowest BCUT2D eigenvalue weighted by Gasteiger charge is -2.00. The molecule has 0 unspecified atom stereocenters. The number of rotatable bonds is 2. The minimum Gasteiger partial charge on any atom is -0.462 e. The standard InChI is InChI=1S/C9H9IO2/c1-2-12-9(11)7-4-3-5-8(10)6-7/h3-6H,2H2,1H3/i10-2. The molecule has 12 heavy (non-hydrogen) atoms. The molecule has 3 heteroatoms. The second-order valence-corrected chi connectivity index (χ2v) is 3.48. The van der Waals surface area contributed by atoms with E-state index in [1.54, 1.807) is 19.1 Å². The van der Waals surface area contributed by atoms with Crippen LogP contribution in [0.3, 0.4) is 0 Å². The van der Waals surface area contributed by atoms with Crippen molar-refractivity contribution in [2.45, 2.75) is 6.92 Å². The van der Waals surface area contributed by atoms with Crippen molar-refractivity contribution in [3.63, 3.8) is 0 Å². The number of esters is 1. The van der Waals surface area contributed by atoms with Gasteiger partial charge in [0.05, 0.1) is 12.2 Å². The summed E-state index contributed by atoms with van der Waals surface area (Å²) < 4.78 is 5.88. The summed E-state index contributed by atoms with van der Waals surface area (Å²) in [6.07, 6.45) is 0. The predicted octanol–water partition coefficient (Wildman–Crippen LogP) is 2.47. The molecule has 0 bridgehead atoms. The van der Waals surface area contributed by atoms with Crippen LogP contribution in [0.1, 0.15) is 17.3 Å². The molecule has 0 saturated heterocycles. The molecule has 0 aliphatic carbocycles. The van der Waals surface area contributed by atoms with Crippen LogP contribution < -0.4 is 0 Å². The topological polar surface area (TPSA) is 26.3 Å². The van der Waals surface area contributed by atoms with Crippen LogP contribution >= 0.6 is 22.6 Å². The highest BCUT2D eigenvalue weighted by atomic mass is 125. The first-order valence-electron chi connectivity index (χ1n) is 3.66. The Morgan fingerprint density at radius 2 is 2.33 bits per heavy atom. The molecule has 0 aliphatic rings. The van der Waals surface area contributed by atoms with Crippen LogP contribution in [0.2, 0.25) is 0 Å². The summed E-state index contributed by atoms with van der Waals surface area (Å²) in [6.45, 7) is 2.22. The Morgan fingerprint density at radius 1 is 1.58 bits per heavy atom. The molecule has 0 atom stereocenters. The molecule has 0 aromatic heterocycles. The maximum atomic E-state index is 11.2. The highest BCUT2D eigenvalue weighted by Crippen LogP contribution is 2.08. The number of hydrogen-bond acceptors (Lipinski definition) is 2. The lowest BCUT2D eigenvalue weighted by atomic mass is 10.2. The Morgan fingerprint density at radius 3 is 2.92 bits per heavy atom. The van der Waals surface area contributed by atoms with Crippen LogP contribution in [-0.4, -0.2) is 12.6 Å². The zero-order chi connectivity index (χ0) is 8.97. The fourth-order valence-corrected chi connectivity index (χ4v) is 1.37. The minimum atomic E-state index is -0.254. The first-order valence-corrected chi connectivity index (χ1v) is 4.74. The van der Waals surface area contributed by atoms with Crippen molar-refractivity contribution < 1.29 is 9.53 Å². The lowest BCUT2D eigenvalue weighted by molar-refractivity contribution is 0.0526. The predicted molar refractivity (Wildman–Crippen MR) is 55.1 cm³/mol. The largest absolute Gasteiger partial charge is 0.462 e. The minimum absolute atomic E-state index is 0.254. The normalized spacial score (nSPS) is 9.50. The molecule has 0 fully saturated rings. The van der Waals surface area contributed by atoms with Crippen LogP contribution in [0.15, 0.2) is 24.3 Å². The zero-order valence-corrected chi connectivity index (χ0v) is 8.87. The van der Waals surface area contributed by atoms with E-state index in [2.05, 4.69) is 22.6 Å². The fourth-order valence-electron chi connectivity index (χ4n) is 0.830. The van der Waals surface area contributed by atoms with Gasteiger partial charge >= 0.3 is 5.97 Å². The molecule has 1 rings (SSSR count). The van der Waals surface area contributed by atoms with Gasteiger partial charge in [0.1, 0.15) is 0 Å². The van der Waals surface area contributed by atoms with Gasteiger partial charge in [-0.05, 0) is 47.7 Å². The molecular weight excluding hydrogens is 265 g/mol. The average molecular weight is 274 g/mol. The summed E-state index contributed by atoms with van der Waals surface area (Å²) in [5, 5.41) is 0. The fraction of sp³-hybridized carbons (Fsp3) is 0.222. The van der Waals surface area contributed by atoms with Gasteiger partial charge in [-0.1, -0.05) is 6.07 Å². The molecule has 1 aromatic rings. The van der Waals surface area contributed by atoms with Crippen molar-refractivity contribution in [1.29, 1.82) is 0 Å². The second kappa shape index (κ2) is 4.45. The summed E-state index contributed by atoms with van der Waals surface area (Å²) in [4.78, 5) is 11.2. The Kier molecular flexibility index (Phi) is 3.52. The molecule has 1 aromatic carbocycles. The number of carbonyl (C=O) groups excluding carboxylic acids is 1. The highest BCUT2D eigenvalue weighted by Gasteiger charge is 2.04. The van der Waals surface area contributed by atoms with Gasteiger partial charge in [0.2, 0.25) is 0 Å². The molecular formula is C9H9IO2. The highest BCUT2D eigenvalue weighted by molar-refractivity contribution is 14.1. The van der Waals surface area contributed by atoms with Crippen molar-refractivity contribution in [2.75, 3.05) is 6.61 Å². The Hall–Kier alpha value is -0.580. The van der Waals surface area contributed by atoms with Crippen LogP contribution in [0.25, 0.3) is 0 Å². The molecule has 0 amide bonds. The van der Waals surface area contributed by atoms with Crippen molar-refractivity contribution >= 4 is 28.6 Å². The van der Waals surface area contributed by atoms with E-state index in [4.69, 9.17) is 4.74 Å². The lowest BCUT2D eigenvalue weighted by Crippen LogP contribution is -2.04. The summed E-state index contributed by atoms with van der Waals surface area (Å²) >= 11 is 2.16. The molecule has 0 spiro atoms. The first kappa shape index (κ1) is 9.51. The monoisotopic (exact) mass is 274 g/mol. The van der Waals surface area contributed by atoms with E-state index < -0.39 is 0 Å². The molecule has 0 saturated carbocycles. The maximum absolute atomic E-state index is 11.2. The SMILES string of the molecule is CCOC(=O)c1cccc([125I])c1. The van der Waals surface area contributed by atoms with Gasteiger partial charge in [-0.2, -0.15) is 0 Å². The van der Waals surface area contributed by atoms with Gasteiger partial charge in [-0.25, -0.2) is 4.79 Å². The Labute approximate surface area is 85.1 Å². The van der Waals surface area contributed by atoms with Crippen LogP contribution in [0.5, 0.6) is 0 Å². The Balaban J connectivity index is 2.81. The summed E-state index contributed by atoms with van der Waals surface area (Å²) in [7, 11) is 0. The van der Waals surface area contributed by atoms with Gasteiger partial charge in [0.25, 0.3) is 0 Å². The van der Waals surface area contributed by atoms with E-state index in [1.165, 1.54) is 0 Å². The summed E-state index contributed by atoms with van der Waals surface area (Å²) in [6, 6.07) is 7.33. The second-order valence-electron chi connectivity index (χ2n) is 2.23. The number of hydrogen-bond donors (Lipinski definition) is 0. The van der Waals surface area contributed by atoms with Crippen LogP contribution in [0.4, 0.5) is 0 Å². The van der Waals surface area contributed by atoms with Crippen molar-refractivity contribution in [2.24, 2.45) is 0 Å². The van der Waals surface area contributed by atoms with E-state index in [9.17, 15) is 4.79 Å². The summed E-state index contributed by atoms with van der Waals surface area (Å²) in [5.74, 6) is -0.254. The van der Waals surface area contributed by atoms with Gasteiger partial charge < -0.3 is 4.74 Å². The van der Waals surface area contributed by atoms with Crippen molar-refractivity contribution in [3.8, 4) is 0 Å². The quantitative estimate of drug-likeness (QED) is 0.611. The van der Waals surface area contributed by atoms with Gasteiger partial charge in [0.15, 0.2) is 0 Å². The van der Waals surface area contributed by atoms with E-state index in [1.807, 2.05) is 12.1 Å². The summed E-state index contributed by atoms with van der Waals surface area (Å²) in [5.41, 5.74) is 0.615. The zero-order valence-electron chi connectivity index (χ0n) is 6.71. The molecule has 0 N–H and O–H groups in total. The molecule has 0 aliphatic heterocycles. The smallest absolute Gasteiger partial charge is 0.338 e. The van der Waals surface area contributed by atoms with E-state index in [-0.39, 0.29) is 5.97 Å². The molecule has 0 radical (unpaired) electrons. The number of ether oxygens (including phenoxy) is 1. The van der Waals surface area contributed by atoms with Crippen LogP contribution in [0, 0.1) is 3.57 Å². The third-order valence-corrected chi connectivity index (χ3v) is 2.01. The molecule has 64 valence electrons. The van der Waals surface area contributed by atoms with E-state index in [0.717, 1.165) is 3.57 Å². The van der Waals surface area contributed by atoms with E-state index in [0.29, 0.717) is 12.2 Å². The third-order valence-electron chi connectivity index (χ3n) is 1.34. The average Bonchev–Trinajstić information content (AvgIpc) is 2.05. The van der Waals surface area contributed by atoms with Crippen molar-refractivity contribution in [3.05, 3.63) is 33.4 Å². The molecule has 0 heterocycles. The molecule has 2 nitrogen and oxygen atoms in total. The van der Waals surface area contributed by atoms with Crippen LogP contribution in [-0.2, 0) is 4.74 Å². The van der Waals surface area contributed by atoms with Gasteiger partial charge in [-0.3, -0.25) is 0 Å². The van der Waals surface area contributed by atoms with Gasteiger partial charge in [-0.15, -0.1) is 0 Å². The first-order chi connectivity index (χ1) is 5.74. The number of benzene rings is 1. The van der Waals surface area contributed by atoms with E-state index >= 15 is 0 Å².